The quantitative estimate of drug-likeness (QED) is 0.215. The van der Waals surface area contributed by atoms with Gasteiger partial charge in [0, 0.05) is 11.1 Å². The molecule has 0 aliphatic carbocycles. The van der Waals surface area contributed by atoms with Gasteiger partial charge in [-0.15, -0.1) is 0 Å². The average Bonchev–Trinajstić information content (AvgIpc) is 3.45. The van der Waals surface area contributed by atoms with Crippen molar-refractivity contribution in [1.82, 2.24) is 4.98 Å². The number of para-hydroxylation sites is 1. The average molecular weight is 521 g/mol. The fourth-order valence-corrected chi connectivity index (χ4v) is 5.36. The van der Waals surface area contributed by atoms with Crippen molar-refractivity contribution < 1.29 is 33.3 Å². The molecule has 0 saturated carbocycles. The first kappa shape index (κ1) is 24.3. The van der Waals surface area contributed by atoms with Crippen LogP contribution in [-0.4, -0.2) is 43.1 Å². The summed E-state index contributed by atoms with van der Waals surface area (Å²) in [6.07, 6.45) is 0. The normalized spacial score (nSPS) is 16.9. The molecule has 1 amide bonds. The lowest BCUT2D eigenvalue weighted by Gasteiger charge is -2.25. The molecular formula is C27H21FN2O6S. The zero-order valence-corrected chi connectivity index (χ0v) is 20.8. The van der Waals surface area contributed by atoms with Crippen molar-refractivity contribution >= 4 is 44.1 Å². The Hall–Kier alpha value is -4.44. The number of methoxy groups -OCH3 is 3. The molecule has 37 heavy (non-hydrogen) atoms. The monoisotopic (exact) mass is 520 g/mol. The number of amides is 1. The second kappa shape index (κ2) is 9.55. The van der Waals surface area contributed by atoms with Crippen LogP contribution in [0.1, 0.15) is 17.2 Å². The van der Waals surface area contributed by atoms with E-state index in [2.05, 4.69) is 4.98 Å². The van der Waals surface area contributed by atoms with Gasteiger partial charge >= 0.3 is 5.91 Å². The molecule has 1 aliphatic heterocycles. The van der Waals surface area contributed by atoms with E-state index in [9.17, 15) is 19.1 Å². The molecule has 10 heteroatoms. The van der Waals surface area contributed by atoms with Gasteiger partial charge in [-0.25, -0.2) is 9.37 Å². The third-order valence-corrected chi connectivity index (χ3v) is 7.10. The lowest BCUT2D eigenvalue weighted by atomic mass is 9.94. The standard InChI is InChI=1S/C27H21FN2O6S/c1-34-16-10-7-14(8-11-16)23(31)21-22(17-5-4-6-19(35-2)25(17)36-3)30(26(33)24(21)32)27-29-18-12-9-15(28)13-20(18)37-27/h4-13,22,31H,1-3H3/b23-21+/t22-/m1/s1. The lowest BCUT2D eigenvalue weighted by Crippen LogP contribution is -2.29. The maximum atomic E-state index is 13.9. The number of anilines is 1. The molecule has 5 rings (SSSR count). The van der Waals surface area contributed by atoms with E-state index in [0.29, 0.717) is 32.8 Å². The van der Waals surface area contributed by atoms with Gasteiger partial charge in [-0.2, -0.15) is 0 Å². The minimum absolute atomic E-state index is 0.146. The van der Waals surface area contributed by atoms with Crippen molar-refractivity contribution in [2.24, 2.45) is 0 Å². The van der Waals surface area contributed by atoms with Crippen molar-refractivity contribution in [3.63, 3.8) is 0 Å². The third kappa shape index (κ3) is 4.05. The molecule has 0 unspecified atom stereocenters. The zero-order chi connectivity index (χ0) is 26.3. The van der Waals surface area contributed by atoms with Crippen molar-refractivity contribution in [2.75, 3.05) is 26.2 Å². The van der Waals surface area contributed by atoms with Gasteiger partial charge in [-0.1, -0.05) is 23.5 Å². The smallest absolute Gasteiger partial charge is 0.301 e. The summed E-state index contributed by atoms with van der Waals surface area (Å²) in [5.74, 6) is -1.38. The molecule has 188 valence electrons. The number of thiazole rings is 1. The van der Waals surface area contributed by atoms with Crippen LogP contribution < -0.4 is 19.1 Å². The van der Waals surface area contributed by atoms with Gasteiger partial charge in [-0.3, -0.25) is 14.5 Å². The summed E-state index contributed by atoms with van der Waals surface area (Å²) in [4.78, 5) is 32.6. The molecule has 4 aromatic rings. The lowest BCUT2D eigenvalue weighted by molar-refractivity contribution is -0.132. The van der Waals surface area contributed by atoms with E-state index in [1.165, 1.54) is 44.4 Å². The van der Waals surface area contributed by atoms with Gasteiger partial charge in [0.25, 0.3) is 5.78 Å². The fraction of sp³-hybridized carbons (Fsp3) is 0.148. The van der Waals surface area contributed by atoms with Gasteiger partial charge in [0.1, 0.15) is 23.4 Å². The second-order valence-corrected chi connectivity index (χ2v) is 9.10. The largest absolute Gasteiger partial charge is 0.507 e. The molecule has 1 saturated heterocycles. The number of carbonyl (C=O) groups excluding carboxylic acids is 2. The first-order valence-electron chi connectivity index (χ1n) is 11.1. The fourth-order valence-electron chi connectivity index (χ4n) is 4.35. The van der Waals surface area contributed by atoms with E-state index in [-0.39, 0.29) is 22.2 Å². The van der Waals surface area contributed by atoms with Crippen molar-refractivity contribution in [3.05, 3.63) is 83.2 Å². The van der Waals surface area contributed by atoms with E-state index in [1.807, 2.05) is 0 Å². The number of Topliss-reactive ketones (excluding diaryl/α,β-unsaturated/α-hetero) is 1. The number of aliphatic hydroxyl groups is 1. The van der Waals surface area contributed by atoms with Crippen LogP contribution in [0.2, 0.25) is 0 Å². The van der Waals surface area contributed by atoms with Crippen LogP contribution in [0, 0.1) is 5.82 Å². The zero-order valence-electron chi connectivity index (χ0n) is 20.0. The summed E-state index contributed by atoms with van der Waals surface area (Å²) in [6.45, 7) is 0. The topological polar surface area (TPSA) is 98.2 Å². The Bertz CT molecular complexity index is 1560. The van der Waals surface area contributed by atoms with Crippen LogP contribution in [0.3, 0.4) is 0 Å². The highest BCUT2D eigenvalue weighted by Gasteiger charge is 2.49. The number of rotatable bonds is 6. The number of fused-ring (bicyclic) bond motifs is 1. The van der Waals surface area contributed by atoms with Gasteiger partial charge in [0.2, 0.25) is 0 Å². The minimum atomic E-state index is -1.10. The highest BCUT2D eigenvalue weighted by Crippen LogP contribution is 2.48. The van der Waals surface area contributed by atoms with E-state index in [1.54, 1.807) is 42.5 Å². The Morgan fingerprint density at radius 2 is 1.76 bits per heavy atom. The summed E-state index contributed by atoms with van der Waals surface area (Å²) < 4.78 is 30.6. The van der Waals surface area contributed by atoms with Gasteiger partial charge < -0.3 is 19.3 Å². The Labute approximate surface area is 215 Å². The first-order chi connectivity index (χ1) is 17.9. The minimum Gasteiger partial charge on any atom is -0.507 e. The molecule has 1 aliphatic rings. The van der Waals surface area contributed by atoms with Crippen molar-refractivity contribution in [3.8, 4) is 17.2 Å². The number of ketones is 1. The summed E-state index contributed by atoms with van der Waals surface area (Å²) in [7, 11) is 4.43. The van der Waals surface area contributed by atoms with Crippen LogP contribution in [0.15, 0.2) is 66.2 Å². The van der Waals surface area contributed by atoms with E-state index in [4.69, 9.17) is 14.2 Å². The highest BCUT2D eigenvalue weighted by atomic mass is 32.1. The number of hydrogen-bond acceptors (Lipinski definition) is 8. The summed E-state index contributed by atoms with van der Waals surface area (Å²) in [5.41, 5.74) is 1.04. The van der Waals surface area contributed by atoms with Crippen LogP contribution in [0.25, 0.3) is 16.0 Å². The summed E-state index contributed by atoms with van der Waals surface area (Å²) >= 11 is 1.06. The number of aliphatic hydroxyl groups excluding tert-OH is 1. The van der Waals surface area contributed by atoms with Crippen molar-refractivity contribution in [1.29, 1.82) is 0 Å². The maximum absolute atomic E-state index is 13.9. The molecule has 3 aromatic carbocycles. The van der Waals surface area contributed by atoms with Crippen LogP contribution in [0.4, 0.5) is 9.52 Å². The molecule has 0 spiro atoms. The molecule has 1 atom stereocenters. The van der Waals surface area contributed by atoms with Crippen molar-refractivity contribution in [2.45, 2.75) is 6.04 Å². The SMILES string of the molecule is COc1ccc(/C(O)=C2\C(=O)C(=O)N(c3nc4ccc(F)cc4s3)[C@@H]2c2cccc(OC)c2OC)cc1. The first-order valence-corrected chi connectivity index (χ1v) is 11.9. The predicted octanol–water partition coefficient (Wildman–Crippen LogP) is 5.09. The number of carbonyl (C=O) groups is 2. The number of aromatic nitrogens is 1. The number of benzene rings is 3. The molecule has 0 radical (unpaired) electrons. The second-order valence-electron chi connectivity index (χ2n) is 8.09. The van der Waals surface area contributed by atoms with E-state index >= 15 is 0 Å². The molecule has 0 bridgehead atoms. The highest BCUT2D eigenvalue weighted by molar-refractivity contribution is 7.22. The number of ether oxygens (including phenoxy) is 3. The Kier molecular flexibility index (Phi) is 6.26. The molecule has 1 fully saturated rings. The summed E-state index contributed by atoms with van der Waals surface area (Å²) in [6, 6.07) is 14.5. The summed E-state index contributed by atoms with van der Waals surface area (Å²) in [5, 5.41) is 11.5. The maximum Gasteiger partial charge on any atom is 0.301 e. The molecule has 1 aromatic heterocycles. The number of nitrogens with zero attached hydrogens (tertiary/aromatic N) is 2. The molecule has 2 heterocycles. The Balaban J connectivity index is 1.77. The van der Waals surface area contributed by atoms with E-state index in [0.717, 1.165) is 11.3 Å². The Morgan fingerprint density at radius 1 is 1.00 bits per heavy atom. The Morgan fingerprint density at radius 3 is 2.43 bits per heavy atom. The number of hydrogen-bond donors (Lipinski definition) is 1. The number of halogens is 1. The van der Waals surface area contributed by atoms with Gasteiger partial charge in [0.05, 0.1) is 37.1 Å². The molecule has 1 N–H and O–H groups in total. The van der Waals surface area contributed by atoms with Crippen LogP contribution in [-0.2, 0) is 9.59 Å². The van der Waals surface area contributed by atoms with Gasteiger partial charge in [0.15, 0.2) is 16.6 Å². The van der Waals surface area contributed by atoms with Crippen LogP contribution >= 0.6 is 11.3 Å². The van der Waals surface area contributed by atoms with Crippen LogP contribution in [0.5, 0.6) is 17.2 Å². The van der Waals surface area contributed by atoms with Gasteiger partial charge in [-0.05, 0) is 48.5 Å². The third-order valence-electron chi connectivity index (χ3n) is 6.08. The predicted molar refractivity (Wildman–Crippen MR) is 137 cm³/mol. The van der Waals surface area contributed by atoms with E-state index < -0.39 is 23.5 Å². The molecular weight excluding hydrogens is 499 g/mol. The molecule has 8 nitrogen and oxygen atoms in total.